The number of thioether (sulfide) groups is 1. The third-order valence-electron chi connectivity index (χ3n) is 5.36. The second kappa shape index (κ2) is 11.2. The third-order valence-corrected chi connectivity index (χ3v) is 6.28. The fourth-order valence-corrected chi connectivity index (χ4v) is 4.06. The molecule has 1 unspecified atom stereocenters. The van der Waals surface area contributed by atoms with Crippen LogP contribution in [0, 0.1) is 5.82 Å². The molecule has 0 radical (unpaired) electrons. The van der Waals surface area contributed by atoms with E-state index in [0.29, 0.717) is 28.2 Å². The monoisotopic (exact) mass is 491 g/mol. The maximum atomic E-state index is 13.5. The summed E-state index contributed by atoms with van der Waals surface area (Å²) in [6.45, 7) is 2.01. The maximum Gasteiger partial charge on any atom is 0.234 e. The van der Waals surface area contributed by atoms with E-state index < -0.39 is 0 Å². The summed E-state index contributed by atoms with van der Waals surface area (Å²) in [6, 6.07) is 22.7. The SMILES string of the molecule is CC(c1nnc(SCC(=O)Nc2ccccc2Oc2ccccc2)n1-c1ccc(F)cc1)N(C)C. The Hall–Kier alpha value is -3.69. The normalized spacial score (nSPS) is 11.9. The van der Waals surface area contributed by atoms with E-state index in [1.54, 1.807) is 24.3 Å². The Balaban J connectivity index is 1.50. The Morgan fingerprint density at radius 1 is 1.03 bits per heavy atom. The topological polar surface area (TPSA) is 72.3 Å². The molecule has 9 heteroatoms. The van der Waals surface area contributed by atoms with Crippen molar-refractivity contribution in [2.45, 2.75) is 18.1 Å². The van der Waals surface area contributed by atoms with Crippen molar-refractivity contribution in [2.24, 2.45) is 0 Å². The minimum atomic E-state index is -0.325. The van der Waals surface area contributed by atoms with Gasteiger partial charge in [0.2, 0.25) is 5.91 Å². The summed E-state index contributed by atoms with van der Waals surface area (Å²) >= 11 is 1.26. The zero-order chi connectivity index (χ0) is 24.8. The van der Waals surface area contributed by atoms with Crippen LogP contribution in [0.5, 0.6) is 11.5 Å². The molecule has 1 atom stereocenters. The average molecular weight is 492 g/mol. The molecule has 0 aliphatic rings. The molecule has 35 heavy (non-hydrogen) atoms. The van der Waals surface area contributed by atoms with Gasteiger partial charge in [-0.2, -0.15) is 0 Å². The molecule has 0 saturated heterocycles. The van der Waals surface area contributed by atoms with Crippen LogP contribution in [0.4, 0.5) is 10.1 Å². The van der Waals surface area contributed by atoms with Crippen LogP contribution in [-0.2, 0) is 4.79 Å². The van der Waals surface area contributed by atoms with Gasteiger partial charge in [0, 0.05) is 5.69 Å². The van der Waals surface area contributed by atoms with Crippen LogP contribution >= 0.6 is 11.8 Å². The molecule has 3 aromatic carbocycles. The molecule has 0 saturated carbocycles. The summed E-state index contributed by atoms with van der Waals surface area (Å²) in [7, 11) is 3.90. The number of benzene rings is 3. The summed E-state index contributed by atoms with van der Waals surface area (Å²) in [5.41, 5.74) is 1.30. The Kier molecular flexibility index (Phi) is 7.79. The summed E-state index contributed by atoms with van der Waals surface area (Å²) in [4.78, 5) is 14.8. The van der Waals surface area contributed by atoms with E-state index in [1.165, 1.54) is 23.9 Å². The highest BCUT2D eigenvalue weighted by Crippen LogP contribution is 2.30. The molecule has 4 aromatic rings. The highest BCUT2D eigenvalue weighted by atomic mass is 32.2. The zero-order valence-electron chi connectivity index (χ0n) is 19.7. The van der Waals surface area contributed by atoms with Gasteiger partial charge in [0.25, 0.3) is 0 Å². The molecule has 1 amide bonds. The predicted octanol–water partition coefficient (Wildman–Crippen LogP) is 5.55. The van der Waals surface area contributed by atoms with Gasteiger partial charge < -0.3 is 10.1 Å². The number of para-hydroxylation sites is 3. The van der Waals surface area contributed by atoms with Crippen molar-refractivity contribution in [2.75, 3.05) is 25.2 Å². The fraction of sp³-hybridized carbons (Fsp3) is 0.192. The molecule has 0 spiro atoms. The number of hydrogen-bond donors (Lipinski definition) is 1. The van der Waals surface area contributed by atoms with Crippen molar-refractivity contribution in [3.63, 3.8) is 0 Å². The Morgan fingerprint density at radius 3 is 2.43 bits per heavy atom. The number of carbonyl (C=O) groups excluding carboxylic acids is 1. The van der Waals surface area contributed by atoms with Crippen LogP contribution in [0.2, 0.25) is 0 Å². The van der Waals surface area contributed by atoms with Gasteiger partial charge in [-0.1, -0.05) is 42.1 Å². The number of aromatic nitrogens is 3. The van der Waals surface area contributed by atoms with E-state index in [1.807, 2.05) is 73.0 Å². The second-order valence-corrected chi connectivity index (χ2v) is 8.98. The fourth-order valence-electron chi connectivity index (χ4n) is 3.30. The Bertz CT molecular complexity index is 1280. The van der Waals surface area contributed by atoms with E-state index >= 15 is 0 Å². The van der Waals surface area contributed by atoms with E-state index in [-0.39, 0.29) is 23.5 Å². The van der Waals surface area contributed by atoms with Gasteiger partial charge in [0.1, 0.15) is 11.6 Å². The number of anilines is 1. The molecular formula is C26H26FN5O2S. The number of nitrogens with zero attached hydrogens (tertiary/aromatic N) is 4. The van der Waals surface area contributed by atoms with Gasteiger partial charge in [-0.15, -0.1) is 10.2 Å². The van der Waals surface area contributed by atoms with Crippen LogP contribution in [0.25, 0.3) is 5.69 Å². The van der Waals surface area contributed by atoms with Crippen molar-refractivity contribution < 1.29 is 13.9 Å². The van der Waals surface area contributed by atoms with E-state index in [0.717, 1.165) is 5.69 Å². The molecule has 0 fully saturated rings. The van der Waals surface area contributed by atoms with Gasteiger partial charge in [-0.25, -0.2) is 4.39 Å². The van der Waals surface area contributed by atoms with Crippen molar-refractivity contribution in [1.82, 2.24) is 19.7 Å². The lowest BCUT2D eigenvalue weighted by molar-refractivity contribution is -0.113. The number of carbonyl (C=O) groups is 1. The van der Waals surface area contributed by atoms with E-state index in [4.69, 9.17) is 4.74 Å². The van der Waals surface area contributed by atoms with Crippen LogP contribution in [0.15, 0.2) is 84.0 Å². The van der Waals surface area contributed by atoms with Crippen LogP contribution in [-0.4, -0.2) is 45.4 Å². The van der Waals surface area contributed by atoms with Crippen molar-refractivity contribution >= 4 is 23.4 Å². The molecular weight excluding hydrogens is 465 g/mol. The van der Waals surface area contributed by atoms with E-state index in [9.17, 15) is 9.18 Å². The quantitative estimate of drug-likeness (QED) is 0.310. The van der Waals surface area contributed by atoms with Gasteiger partial charge in [0.05, 0.1) is 17.5 Å². The third kappa shape index (κ3) is 6.06. The largest absolute Gasteiger partial charge is 0.455 e. The van der Waals surface area contributed by atoms with Crippen molar-refractivity contribution in [1.29, 1.82) is 0 Å². The molecule has 0 bridgehead atoms. The minimum Gasteiger partial charge on any atom is -0.455 e. The summed E-state index contributed by atoms with van der Waals surface area (Å²) in [5, 5.41) is 12.1. The molecule has 4 rings (SSSR count). The lowest BCUT2D eigenvalue weighted by Gasteiger charge is -2.20. The minimum absolute atomic E-state index is 0.0438. The first-order chi connectivity index (χ1) is 16.9. The zero-order valence-corrected chi connectivity index (χ0v) is 20.5. The average Bonchev–Trinajstić information content (AvgIpc) is 3.28. The molecule has 1 heterocycles. The highest BCUT2D eigenvalue weighted by molar-refractivity contribution is 7.99. The number of ether oxygens (including phenoxy) is 1. The Labute approximate surface area is 207 Å². The number of halogens is 1. The van der Waals surface area contributed by atoms with Crippen molar-refractivity contribution in [3.8, 4) is 17.2 Å². The van der Waals surface area contributed by atoms with E-state index in [2.05, 4.69) is 15.5 Å². The first kappa shape index (κ1) is 24.4. The first-order valence-corrected chi connectivity index (χ1v) is 12.0. The number of amides is 1. The molecule has 1 N–H and O–H groups in total. The van der Waals surface area contributed by atoms with Gasteiger partial charge in [-0.3, -0.25) is 14.3 Å². The predicted molar refractivity (Wildman–Crippen MR) is 136 cm³/mol. The smallest absolute Gasteiger partial charge is 0.234 e. The lowest BCUT2D eigenvalue weighted by Crippen LogP contribution is -2.21. The number of rotatable bonds is 9. The molecule has 7 nitrogen and oxygen atoms in total. The van der Waals surface area contributed by atoms with Gasteiger partial charge >= 0.3 is 0 Å². The number of nitrogens with one attached hydrogen (secondary N) is 1. The van der Waals surface area contributed by atoms with Crippen molar-refractivity contribution in [3.05, 3.63) is 90.5 Å². The number of hydrogen-bond acceptors (Lipinski definition) is 6. The molecule has 180 valence electrons. The standard InChI is InChI=1S/C26H26FN5O2S/c1-18(31(2)3)25-29-30-26(32(25)20-15-13-19(27)14-16-20)35-17-24(33)28-22-11-7-8-12-23(22)34-21-9-5-4-6-10-21/h4-16,18H,17H2,1-3H3,(H,28,33). The van der Waals surface area contributed by atoms with Crippen LogP contribution < -0.4 is 10.1 Å². The summed E-state index contributed by atoms with van der Waals surface area (Å²) in [5.74, 6) is 1.50. The lowest BCUT2D eigenvalue weighted by atomic mass is 10.2. The Morgan fingerprint density at radius 2 is 1.71 bits per heavy atom. The highest BCUT2D eigenvalue weighted by Gasteiger charge is 2.22. The second-order valence-electron chi connectivity index (χ2n) is 8.04. The summed E-state index contributed by atoms with van der Waals surface area (Å²) in [6.07, 6.45) is 0. The molecule has 0 aliphatic heterocycles. The van der Waals surface area contributed by atoms with Crippen LogP contribution in [0.3, 0.4) is 0 Å². The molecule has 0 aliphatic carbocycles. The van der Waals surface area contributed by atoms with Gasteiger partial charge in [0.15, 0.2) is 16.7 Å². The van der Waals surface area contributed by atoms with Crippen LogP contribution in [0.1, 0.15) is 18.8 Å². The first-order valence-electron chi connectivity index (χ1n) is 11.0. The molecule has 1 aromatic heterocycles. The van der Waals surface area contributed by atoms with Gasteiger partial charge in [-0.05, 0) is 69.6 Å². The maximum absolute atomic E-state index is 13.5. The summed E-state index contributed by atoms with van der Waals surface area (Å²) < 4.78 is 21.3.